The molecule has 3 aliphatic rings. The summed E-state index contributed by atoms with van der Waals surface area (Å²) in [6, 6.07) is 6.11. The summed E-state index contributed by atoms with van der Waals surface area (Å²) < 4.78 is 5.34. The average molecular weight is 496 g/mol. The van der Waals surface area contributed by atoms with Crippen molar-refractivity contribution >= 4 is 34.4 Å². The largest absolute Gasteiger partial charge is 0.475 e. The summed E-state index contributed by atoms with van der Waals surface area (Å²) >= 11 is 0. The van der Waals surface area contributed by atoms with E-state index < -0.39 is 12.0 Å². The van der Waals surface area contributed by atoms with E-state index in [9.17, 15) is 19.5 Å². The number of fused-ring (bicyclic) bond motifs is 1. The molecule has 5 rings (SSSR count). The van der Waals surface area contributed by atoms with Gasteiger partial charge in [-0.2, -0.15) is 0 Å². The van der Waals surface area contributed by atoms with Crippen molar-refractivity contribution in [3.8, 4) is 0 Å². The average Bonchev–Trinajstić information content (AvgIpc) is 3.54. The molecule has 8 nitrogen and oxygen atoms in total. The molecule has 0 unspecified atom stereocenters. The van der Waals surface area contributed by atoms with Gasteiger partial charge in [-0.1, -0.05) is 32.1 Å². The standard InChI is InChI=1S/C28H37N3O5/c29-16-17-6-8-19(9-7-17)27(33)31-13-12-22(18-4-2-1-3-5-18)25(31)26(32)30-21-10-11-23-20(14-21)15-24(36-23)28(34)35/h10-11,14-15,17-19,22,25H,1-9,12-13,16,29H2,(H,30,32)(H,34,35)/t17-,19-,22-,25-/m0/s1. The molecular formula is C28H37N3O5. The first-order valence-electron chi connectivity index (χ1n) is 13.5. The highest BCUT2D eigenvalue weighted by Crippen LogP contribution is 2.41. The number of furan rings is 1. The normalized spacial score (nSPS) is 27.3. The number of nitrogens with one attached hydrogen (secondary N) is 1. The minimum atomic E-state index is -1.13. The molecule has 2 heterocycles. The molecule has 1 aromatic heterocycles. The van der Waals surface area contributed by atoms with Crippen molar-refractivity contribution < 1.29 is 23.9 Å². The van der Waals surface area contributed by atoms with Crippen molar-refractivity contribution in [2.75, 3.05) is 18.4 Å². The fraction of sp³-hybridized carbons (Fsp3) is 0.607. The third kappa shape index (κ3) is 5.01. The predicted molar refractivity (Wildman–Crippen MR) is 136 cm³/mol. The van der Waals surface area contributed by atoms with Crippen LogP contribution >= 0.6 is 0 Å². The zero-order valence-electron chi connectivity index (χ0n) is 20.8. The number of likely N-dealkylation sites (tertiary alicyclic amines) is 1. The van der Waals surface area contributed by atoms with E-state index in [0.717, 1.165) is 44.9 Å². The fourth-order valence-electron chi connectivity index (χ4n) is 6.78. The van der Waals surface area contributed by atoms with Crippen LogP contribution in [0.2, 0.25) is 0 Å². The summed E-state index contributed by atoms with van der Waals surface area (Å²) in [5.74, 6) is -0.170. The SMILES string of the molecule is NC[C@H]1CC[C@H](C(=O)N2CC[C@@H](C3CCCCC3)[C@H]2C(=O)Nc2ccc3oc(C(=O)O)cc3c2)CC1. The van der Waals surface area contributed by atoms with Crippen molar-refractivity contribution in [1.82, 2.24) is 4.90 Å². The number of nitrogens with zero attached hydrogens (tertiary/aromatic N) is 1. The van der Waals surface area contributed by atoms with Crippen molar-refractivity contribution in [1.29, 1.82) is 0 Å². The van der Waals surface area contributed by atoms with Crippen LogP contribution in [-0.4, -0.2) is 46.9 Å². The number of rotatable bonds is 6. The van der Waals surface area contributed by atoms with Gasteiger partial charge in [0.25, 0.3) is 0 Å². The van der Waals surface area contributed by atoms with Gasteiger partial charge in [-0.25, -0.2) is 4.79 Å². The molecule has 0 spiro atoms. The highest BCUT2D eigenvalue weighted by atomic mass is 16.4. The van der Waals surface area contributed by atoms with Crippen LogP contribution in [0, 0.1) is 23.7 Å². The third-order valence-electron chi connectivity index (χ3n) is 8.78. The molecule has 0 radical (unpaired) electrons. The molecule has 2 amide bonds. The Morgan fingerprint density at radius 1 is 1.00 bits per heavy atom. The van der Waals surface area contributed by atoms with Crippen LogP contribution in [0.3, 0.4) is 0 Å². The lowest BCUT2D eigenvalue weighted by molar-refractivity contribution is -0.142. The second kappa shape index (κ2) is 10.6. The Bertz CT molecular complexity index is 1110. The minimum absolute atomic E-state index is 0.0232. The van der Waals surface area contributed by atoms with Crippen LogP contribution in [0.5, 0.6) is 0 Å². The van der Waals surface area contributed by atoms with Gasteiger partial charge in [0.2, 0.25) is 17.6 Å². The molecule has 2 aromatic rings. The number of carbonyl (C=O) groups excluding carboxylic acids is 2. The van der Waals surface area contributed by atoms with Gasteiger partial charge in [0.05, 0.1) is 0 Å². The van der Waals surface area contributed by atoms with Crippen LogP contribution in [0.4, 0.5) is 5.69 Å². The van der Waals surface area contributed by atoms with E-state index in [2.05, 4.69) is 5.32 Å². The summed E-state index contributed by atoms with van der Waals surface area (Å²) in [6.45, 7) is 1.31. The van der Waals surface area contributed by atoms with E-state index >= 15 is 0 Å². The number of carbonyl (C=O) groups is 3. The molecule has 4 N–H and O–H groups in total. The van der Waals surface area contributed by atoms with E-state index in [-0.39, 0.29) is 29.4 Å². The van der Waals surface area contributed by atoms with E-state index in [1.807, 2.05) is 4.90 Å². The van der Waals surface area contributed by atoms with E-state index in [0.29, 0.717) is 41.6 Å². The zero-order valence-corrected chi connectivity index (χ0v) is 20.8. The van der Waals surface area contributed by atoms with Gasteiger partial charge in [0.1, 0.15) is 11.6 Å². The van der Waals surface area contributed by atoms with Crippen LogP contribution in [0.15, 0.2) is 28.7 Å². The van der Waals surface area contributed by atoms with Crippen LogP contribution < -0.4 is 11.1 Å². The molecule has 1 aliphatic heterocycles. The van der Waals surface area contributed by atoms with Crippen LogP contribution in [-0.2, 0) is 9.59 Å². The maximum Gasteiger partial charge on any atom is 0.371 e. The molecule has 1 saturated heterocycles. The lowest BCUT2D eigenvalue weighted by Gasteiger charge is -2.36. The Balaban J connectivity index is 1.36. The monoisotopic (exact) mass is 495 g/mol. The molecule has 2 aliphatic carbocycles. The summed E-state index contributed by atoms with van der Waals surface area (Å²) in [4.78, 5) is 40.6. The van der Waals surface area contributed by atoms with Gasteiger partial charge in [-0.15, -0.1) is 0 Å². The number of aromatic carboxylic acids is 1. The molecule has 1 aromatic carbocycles. The van der Waals surface area contributed by atoms with Gasteiger partial charge < -0.3 is 25.5 Å². The smallest absolute Gasteiger partial charge is 0.371 e. The number of anilines is 1. The number of nitrogens with two attached hydrogens (primary N) is 1. The minimum Gasteiger partial charge on any atom is -0.475 e. The maximum absolute atomic E-state index is 13.8. The molecule has 2 atom stereocenters. The summed E-state index contributed by atoms with van der Waals surface area (Å²) in [6.07, 6.45) is 10.4. The number of carboxylic acids is 1. The molecule has 2 saturated carbocycles. The second-order valence-corrected chi connectivity index (χ2v) is 10.9. The molecular weight excluding hydrogens is 458 g/mol. The Morgan fingerprint density at radius 2 is 1.75 bits per heavy atom. The maximum atomic E-state index is 13.8. The fourth-order valence-corrected chi connectivity index (χ4v) is 6.78. The number of hydrogen-bond acceptors (Lipinski definition) is 5. The Labute approximate surface area is 211 Å². The van der Waals surface area contributed by atoms with Gasteiger partial charge >= 0.3 is 5.97 Å². The highest BCUT2D eigenvalue weighted by Gasteiger charge is 2.46. The quantitative estimate of drug-likeness (QED) is 0.536. The highest BCUT2D eigenvalue weighted by molar-refractivity contribution is 6.00. The summed E-state index contributed by atoms with van der Waals surface area (Å²) in [5, 5.41) is 12.9. The molecule has 0 bridgehead atoms. The Morgan fingerprint density at radius 3 is 2.44 bits per heavy atom. The first-order chi connectivity index (χ1) is 17.4. The summed E-state index contributed by atoms with van der Waals surface area (Å²) in [7, 11) is 0. The number of hydrogen-bond donors (Lipinski definition) is 3. The van der Waals surface area contributed by atoms with Gasteiger partial charge in [0, 0.05) is 23.5 Å². The lowest BCUT2D eigenvalue weighted by Crippen LogP contribution is -2.49. The van der Waals surface area contributed by atoms with Crippen molar-refractivity contribution in [3.05, 3.63) is 30.0 Å². The van der Waals surface area contributed by atoms with E-state index in [4.69, 9.17) is 10.2 Å². The van der Waals surface area contributed by atoms with Gasteiger partial charge in [-0.05, 0) is 80.7 Å². The van der Waals surface area contributed by atoms with Gasteiger partial charge in [-0.3, -0.25) is 9.59 Å². The number of amides is 2. The first kappa shape index (κ1) is 24.8. The van der Waals surface area contributed by atoms with Crippen molar-refractivity contribution in [2.45, 2.75) is 70.3 Å². The van der Waals surface area contributed by atoms with Crippen molar-refractivity contribution in [2.24, 2.45) is 29.4 Å². The van der Waals surface area contributed by atoms with E-state index in [1.54, 1.807) is 18.2 Å². The number of carboxylic acid groups (broad SMARTS) is 1. The summed E-state index contributed by atoms with van der Waals surface area (Å²) in [5.41, 5.74) is 6.88. The van der Waals surface area contributed by atoms with Crippen molar-refractivity contribution in [3.63, 3.8) is 0 Å². The predicted octanol–water partition coefficient (Wildman–Crippen LogP) is 4.63. The zero-order chi connectivity index (χ0) is 25.2. The first-order valence-corrected chi connectivity index (χ1v) is 13.5. The lowest BCUT2D eigenvalue weighted by atomic mass is 9.76. The topological polar surface area (TPSA) is 126 Å². The van der Waals surface area contributed by atoms with Crippen LogP contribution in [0.25, 0.3) is 11.0 Å². The molecule has 36 heavy (non-hydrogen) atoms. The Hall–Kier alpha value is -2.87. The Kier molecular flexibility index (Phi) is 7.32. The van der Waals surface area contributed by atoms with Crippen LogP contribution in [0.1, 0.15) is 74.8 Å². The molecule has 8 heteroatoms. The second-order valence-electron chi connectivity index (χ2n) is 10.9. The number of benzene rings is 1. The third-order valence-corrected chi connectivity index (χ3v) is 8.78. The molecule has 194 valence electrons. The van der Waals surface area contributed by atoms with E-state index in [1.165, 1.54) is 25.3 Å². The molecule has 3 fully saturated rings. The van der Waals surface area contributed by atoms with Gasteiger partial charge in [0.15, 0.2) is 0 Å².